The Hall–Kier alpha value is -2.25. The van der Waals surface area contributed by atoms with Gasteiger partial charge in [-0.15, -0.1) is 0 Å². The second kappa shape index (κ2) is 7.41. The summed E-state index contributed by atoms with van der Waals surface area (Å²) in [6.45, 7) is -1.04. The van der Waals surface area contributed by atoms with E-state index in [4.69, 9.17) is 16.2 Å². The third-order valence-electron chi connectivity index (χ3n) is 6.24. The van der Waals surface area contributed by atoms with E-state index in [9.17, 15) is 27.2 Å². The fraction of sp³-hybridized carbons (Fsp3) is 0.667. The summed E-state index contributed by atoms with van der Waals surface area (Å²) in [6, 6.07) is -4.09. The number of hydrogen-bond acceptors (Lipinski definition) is 6. The van der Waals surface area contributed by atoms with Gasteiger partial charge in [-0.2, -0.15) is 13.2 Å². The van der Waals surface area contributed by atoms with Crippen molar-refractivity contribution in [2.24, 2.45) is 17.4 Å². The van der Waals surface area contributed by atoms with Crippen molar-refractivity contribution in [1.82, 2.24) is 14.5 Å². The molecule has 0 amide bonds. The van der Waals surface area contributed by atoms with Gasteiger partial charge in [0.15, 0.2) is 0 Å². The molecule has 4 rings (SSSR count). The highest BCUT2D eigenvalue weighted by Crippen LogP contribution is 2.45. The second-order valence-electron chi connectivity index (χ2n) is 8.18. The minimum Gasteiger partial charge on any atom is -0.396 e. The molecule has 8 nitrogen and oxygen atoms in total. The molecule has 1 aromatic heterocycles. The molecule has 1 aromatic rings. The molecule has 2 heterocycles. The van der Waals surface area contributed by atoms with Gasteiger partial charge < -0.3 is 16.2 Å². The molecule has 5 N–H and O–H groups in total. The minimum atomic E-state index is -4.82. The lowest BCUT2D eigenvalue weighted by atomic mass is 9.91. The molecule has 2 aliphatic carbocycles. The van der Waals surface area contributed by atoms with E-state index in [-0.39, 0.29) is 17.3 Å². The summed E-state index contributed by atoms with van der Waals surface area (Å²) in [7, 11) is 1.21. The molecule has 0 radical (unpaired) electrons. The Balaban J connectivity index is 1.80. The summed E-state index contributed by atoms with van der Waals surface area (Å²) in [6.07, 6.45) is -6.76. The fourth-order valence-electron chi connectivity index (χ4n) is 4.58. The van der Waals surface area contributed by atoms with Crippen LogP contribution in [0.2, 0.25) is 0 Å². The van der Waals surface area contributed by atoms with Gasteiger partial charge in [-0.3, -0.25) is 19.2 Å². The number of alkyl halides is 4. The van der Waals surface area contributed by atoms with Crippen LogP contribution in [0.4, 0.5) is 22.0 Å². The maximum atomic E-state index is 15.3. The van der Waals surface area contributed by atoms with Gasteiger partial charge in [0.25, 0.3) is 5.56 Å². The van der Waals surface area contributed by atoms with E-state index >= 15 is 4.39 Å². The van der Waals surface area contributed by atoms with Gasteiger partial charge >= 0.3 is 11.9 Å². The molecular weight excluding hydrogens is 429 g/mol. The molecule has 0 bridgehead atoms. The summed E-state index contributed by atoms with van der Waals surface area (Å²) < 4.78 is 75.7. The third kappa shape index (κ3) is 3.48. The quantitative estimate of drug-likeness (QED) is 0.580. The SMILES string of the molecule is COC1c2c(c(=O)[nH]c(=O)n2C2CC2)C(N)=C(F)C1N1CC(F)C(C(N)C(F)(F)F)C1. The number of nitrogens with two attached hydrogens (primary N) is 2. The van der Waals surface area contributed by atoms with Crippen LogP contribution in [0.15, 0.2) is 15.4 Å². The molecule has 13 heteroatoms. The first kappa shape index (κ1) is 22.0. The van der Waals surface area contributed by atoms with E-state index in [0.717, 1.165) is 4.90 Å². The van der Waals surface area contributed by atoms with Crippen LogP contribution < -0.4 is 22.7 Å². The van der Waals surface area contributed by atoms with Gasteiger partial charge in [0.1, 0.15) is 24.1 Å². The fourth-order valence-corrected chi connectivity index (χ4v) is 4.58. The lowest BCUT2D eigenvalue weighted by Gasteiger charge is -2.38. The number of halogens is 5. The second-order valence-corrected chi connectivity index (χ2v) is 8.18. The van der Waals surface area contributed by atoms with E-state index in [2.05, 4.69) is 4.98 Å². The van der Waals surface area contributed by atoms with Crippen molar-refractivity contribution in [3.05, 3.63) is 37.9 Å². The Bertz CT molecular complexity index is 1030. The van der Waals surface area contributed by atoms with E-state index < -0.39 is 72.3 Å². The van der Waals surface area contributed by atoms with Gasteiger partial charge in [-0.05, 0) is 12.8 Å². The molecule has 5 unspecified atom stereocenters. The van der Waals surface area contributed by atoms with Crippen molar-refractivity contribution in [3.8, 4) is 0 Å². The van der Waals surface area contributed by atoms with E-state index in [0.29, 0.717) is 12.8 Å². The predicted molar refractivity (Wildman–Crippen MR) is 99.3 cm³/mol. The van der Waals surface area contributed by atoms with Gasteiger partial charge in [0, 0.05) is 32.2 Å². The number of H-pyrrole nitrogens is 1. The molecule has 31 heavy (non-hydrogen) atoms. The van der Waals surface area contributed by atoms with Crippen molar-refractivity contribution in [3.63, 3.8) is 0 Å². The molecule has 1 saturated heterocycles. The van der Waals surface area contributed by atoms with E-state index in [1.165, 1.54) is 11.7 Å². The van der Waals surface area contributed by atoms with E-state index in [1.807, 2.05) is 0 Å². The first-order chi connectivity index (χ1) is 14.5. The van der Waals surface area contributed by atoms with Crippen molar-refractivity contribution < 1.29 is 26.7 Å². The zero-order chi connectivity index (χ0) is 22.8. The van der Waals surface area contributed by atoms with Crippen LogP contribution >= 0.6 is 0 Å². The number of nitrogens with zero attached hydrogens (tertiary/aromatic N) is 2. The number of nitrogens with one attached hydrogen (secondary N) is 1. The Labute approximate surface area is 172 Å². The van der Waals surface area contributed by atoms with Gasteiger partial charge in [0.05, 0.1) is 23.0 Å². The van der Waals surface area contributed by atoms with Crippen molar-refractivity contribution >= 4 is 5.70 Å². The summed E-state index contributed by atoms with van der Waals surface area (Å²) in [5, 5.41) is 0. The summed E-state index contributed by atoms with van der Waals surface area (Å²) in [5.74, 6) is -2.64. The normalized spacial score (nSPS) is 30.5. The molecule has 1 aliphatic heterocycles. The topological polar surface area (TPSA) is 119 Å². The summed E-state index contributed by atoms with van der Waals surface area (Å²) in [5.41, 5.74) is 8.72. The number of rotatable bonds is 4. The van der Waals surface area contributed by atoms with Gasteiger partial charge in [0.2, 0.25) is 0 Å². The number of ether oxygens (including phenoxy) is 1. The highest BCUT2D eigenvalue weighted by atomic mass is 19.4. The third-order valence-corrected chi connectivity index (χ3v) is 6.24. The van der Waals surface area contributed by atoms with Crippen LogP contribution in [0.5, 0.6) is 0 Å². The Morgan fingerprint density at radius 1 is 1.23 bits per heavy atom. The minimum absolute atomic E-state index is 0.0432. The number of methoxy groups -OCH3 is 1. The molecular formula is C18H22F5N5O3. The molecule has 1 saturated carbocycles. The van der Waals surface area contributed by atoms with Crippen LogP contribution in [0.3, 0.4) is 0 Å². The number of likely N-dealkylation sites (tertiary alicyclic amines) is 1. The van der Waals surface area contributed by atoms with Crippen LogP contribution in [-0.2, 0) is 4.74 Å². The standard InChI is InChI=1S/C18H22F5N5O3/c1-31-14-12-9(16(29)26-17(30)28(12)6-2-3-6)11(24)10(20)13(14)27-4-7(8(19)5-27)15(25)18(21,22)23/h6-8,13-15H,2-5,24-25H2,1H3,(H,26,29,30). The van der Waals surface area contributed by atoms with Crippen molar-refractivity contribution in [2.45, 2.75) is 49.4 Å². The Morgan fingerprint density at radius 3 is 2.42 bits per heavy atom. The number of hydrogen-bond donors (Lipinski definition) is 3. The number of aromatic nitrogens is 2. The zero-order valence-corrected chi connectivity index (χ0v) is 16.5. The van der Waals surface area contributed by atoms with Crippen LogP contribution in [0.1, 0.15) is 36.2 Å². The Kier molecular flexibility index (Phi) is 5.25. The highest BCUT2D eigenvalue weighted by Gasteiger charge is 2.53. The molecule has 5 atom stereocenters. The lowest BCUT2D eigenvalue weighted by molar-refractivity contribution is -0.161. The first-order valence-corrected chi connectivity index (χ1v) is 9.74. The average molecular weight is 451 g/mol. The van der Waals surface area contributed by atoms with Gasteiger partial charge in [-0.25, -0.2) is 13.6 Å². The zero-order valence-electron chi connectivity index (χ0n) is 16.5. The first-order valence-electron chi connectivity index (χ1n) is 9.74. The van der Waals surface area contributed by atoms with Crippen LogP contribution in [0, 0.1) is 5.92 Å². The largest absolute Gasteiger partial charge is 0.404 e. The Morgan fingerprint density at radius 2 is 1.87 bits per heavy atom. The molecule has 172 valence electrons. The van der Waals surface area contributed by atoms with Crippen molar-refractivity contribution in [1.29, 1.82) is 0 Å². The monoisotopic (exact) mass is 451 g/mol. The molecule has 2 fully saturated rings. The highest BCUT2D eigenvalue weighted by molar-refractivity contribution is 5.70. The average Bonchev–Trinajstić information content (AvgIpc) is 3.44. The number of aromatic amines is 1. The molecule has 0 spiro atoms. The molecule has 3 aliphatic rings. The van der Waals surface area contributed by atoms with Gasteiger partial charge in [-0.1, -0.05) is 0 Å². The maximum Gasteiger partial charge on any atom is 0.404 e. The predicted octanol–water partition coefficient (Wildman–Crippen LogP) is 0.698. The smallest absolute Gasteiger partial charge is 0.396 e. The number of fused-ring (bicyclic) bond motifs is 1. The van der Waals surface area contributed by atoms with Crippen LogP contribution in [-0.4, -0.2) is 59.1 Å². The molecule has 0 aromatic carbocycles. The lowest BCUT2D eigenvalue weighted by Crippen LogP contribution is -2.49. The maximum absolute atomic E-state index is 15.3. The summed E-state index contributed by atoms with van der Waals surface area (Å²) >= 11 is 0. The van der Waals surface area contributed by atoms with Crippen molar-refractivity contribution in [2.75, 3.05) is 20.2 Å². The summed E-state index contributed by atoms with van der Waals surface area (Å²) in [4.78, 5) is 28.1. The van der Waals surface area contributed by atoms with Crippen LogP contribution in [0.25, 0.3) is 5.70 Å². The van der Waals surface area contributed by atoms with E-state index in [1.54, 1.807) is 0 Å².